The zero-order valence-electron chi connectivity index (χ0n) is 17.9. The van der Waals surface area contributed by atoms with E-state index in [9.17, 15) is 22.8 Å². The van der Waals surface area contributed by atoms with Crippen molar-refractivity contribution in [1.29, 1.82) is 0 Å². The van der Waals surface area contributed by atoms with E-state index in [0.29, 0.717) is 24.1 Å². The number of esters is 1. The van der Waals surface area contributed by atoms with Crippen LogP contribution in [0.25, 0.3) is 0 Å². The zero-order chi connectivity index (χ0) is 23.2. The lowest BCUT2D eigenvalue weighted by Crippen LogP contribution is -2.48. The van der Waals surface area contributed by atoms with E-state index in [2.05, 4.69) is 17.9 Å². The molecule has 31 heavy (non-hydrogen) atoms. The third kappa shape index (κ3) is 6.68. The molecule has 11 heteroatoms. The topological polar surface area (TPSA) is 113 Å². The molecular weight excluding hydrogens is 442 g/mol. The summed E-state index contributed by atoms with van der Waals surface area (Å²) in [5.41, 5.74) is 0.824. The molecule has 9 nitrogen and oxygen atoms in total. The molecule has 1 aliphatic heterocycles. The Labute approximate surface area is 188 Å². The van der Waals surface area contributed by atoms with E-state index in [-0.39, 0.29) is 30.7 Å². The van der Waals surface area contributed by atoms with Crippen molar-refractivity contribution >= 4 is 46.1 Å². The molecular formula is C20H29N3O6S2. The van der Waals surface area contributed by atoms with Gasteiger partial charge < -0.3 is 15.0 Å². The highest BCUT2D eigenvalue weighted by molar-refractivity contribution is 7.89. The maximum Gasteiger partial charge on any atom is 0.338 e. The second kappa shape index (κ2) is 11.0. The molecule has 2 amide bonds. The van der Waals surface area contributed by atoms with Crippen LogP contribution in [0.2, 0.25) is 0 Å². The standard InChI is InChI=1S/C20H29N3O6S2/c1-4-10-31(27,28)23-12-16(30)11-17(23)19(25)22(3)13-18(24)21-15-8-6-14(7-9-15)20(26)29-5-2/h6-9,16-17,30H,4-5,10-13H2,1-3H3,(H,21,24). The summed E-state index contributed by atoms with van der Waals surface area (Å²) in [6.07, 6.45) is 0.746. The van der Waals surface area contributed by atoms with Crippen molar-refractivity contribution in [3.63, 3.8) is 0 Å². The number of amides is 2. The molecule has 0 spiro atoms. The average molecular weight is 472 g/mol. The normalized spacial score (nSPS) is 19.1. The van der Waals surface area contributed by atoms with Gasteiger partial charge in [0, 0.05) is 24.5 Å². The van der Waals surface area contributed by atoms with E-state index in [1.54, 1.807) is 26.0 Å². The lowest BCUT2D eigenvalue weighted by atomic mass is 10.2. The molecule has 1 aromatic rings. The number of rotatable bonds is 9. The summed E-state index contributed by atoms with van der Waals surface area (Å²) >= 11 is 4.36. The van der Waals surface area contributed by atoms with Gasteiger partial charge in [-0.15, -0.1) is 0 Å². The second-order valence-corrected chi connectivity index (χ2v) is 10.1. The van der Waals surface area contributed by atoms with Crippen molar-refractivity contribution < 1.29 is 27.5 Å². The van der Waals surface area contributed by atoms with Gasteiger partial charge in [0.2, 0.25) is 21.8 Å². The number of anilines is 1. The third-order valence-electron chi connectivity index (χ3n) is 4.77. The van der Waals surface area contributed by atoms with Gasteiger partial charge in [-0.25, -0.2) is 13.2 Å². The Morgan fingerprint density at radius 3 is 2.45 bits per heavy atom. The van der Waals surface area contributed by atoms with Crippen molar-refractivity contribution in [2.24, 2.45) is 0 Å². The van der Waals surface area contributed by atoms with Crippen molar-refractivity contribution in [3.05, 3.63) is 29.8 Å². The molecule has 0 aromatic heterocycles. The first-order valence-corrected chi connectivity index (χ1v) is 12.2. The van der Waals surface area contributed by atoms with Gasteiger partial charge in [-0.2, -0.15) is 16.9 Å². The number of hydrogen-bond acceptors (Lipinski definition) is 7. The van der Waals surface area contributed by atoms with Crippen LogP contribution < -0.4 is 5.32 Å². The number of likely N-dealkylation sites (N-methyl/N-ethyl adjacent to an activating group) is 1. The molecule has 1 fully saturated rings. The zero-order valence-corrected chi connectivity index (χ0v) is 19.6. The Morgan fingerprint density at radius 1 is 1.23 bits per heavy atom. The number of thiol groups is 1. The highest BCUT2D eigenvalue weighted by Crippen LogP contribution is 2.26. The Bertz CT molecular complexity index is 904. The Morgan fingerprint density at radius 2 is 1.87 bits per heavy atom. The van der Waals surface area contributed by atoms with E-state index < -0.39 is 33.8 Å². The summed E-state index contributed by atoms with van der Waals surface area (Å²) in [5.74, 6) is -1.37. The molecule has 172 valence electrons. The summed E-state index contributed by atoms with van der Waals surface area (Å²) in [4.78, 5) is 38.1. The van der Waals surface area contributed by atoms with Gasteiger partial charge in [-0.05, 0) is 44.0 Å². The van der Waals surface area contributed by atoms with Gasteiger partial charge in [0.1, 0.15) is 6.04 Å². The fourth-order valence-corrected chi connectivity index (χ4v) is 5.55. The molecule has 0 saturated carbocycles. The molecule has 0 radical (unpaired) electrons. The number of ether oxygens (including phenoxy) is 1. The number of nitrogens with one attached hydrogen (secondary N) is 1. The molecule has 2 atom stereocenters. The predicted molar refractivity (Wildman–Crippen MR) is 121 cm³/mol. The summed E-state index contributed by atoms with van der Waals surface area (Å²) in [7, 11) is -2.10. The minimum absolute atomic E-state index is 0.0384. The first-order chi connectivity index (χ1) is 14.6. The van der Waals surface area contributed by atoms with Gasteiger partial charge in [-0.3, -0.25) is 9.59 Å². The van der Waals surface area contributed by atoms with Crippen LogP contribution in [0.4, 0.5) is 5.69 Å². The average Bonchev–Trinajstić information content (AvgIpc) is 3.10. The Balaban J connectivity index is 1.98. The van der Waals surface area contributed by atoms with Gasteiger partial charge in [0.05, 0.1) is 24.5 Å². The second-order valence-electron chi connectivity index (χ2n) is 7.33. The number of hydrogen-bond donors (Lipinski definition) is 2. The quantitative estimate of drug-likeness (QED) is 0.416. The third-order valence-corrected chi connectivity index (χ3v) is 7.19. The lowest BCUT2D eigenvalue weighted by Gasteiger charge is -2.27. The van der Waals surface area contributed by atoms with Crippen LogP contribution >= 0.6 is 12.6 Å². The van der Waals surface area contributed by atoms with Crippen LogP contribution in [-0.2, 0) is 24.3 Å². The largest absolute Gasteiger partial charge is 0.462 e. The van der Waals surface area contributed by atoms with Crippen molar-refractivity contribution in [3.8, 4) is 0 Å². The van der Waals surface area contributed by atoms with E-state index in [1.165, 1.54) is 28.4 Å². The van der Waals surface area contributed by atoms with Crippen molar-refractivity contribution in [1.82, 2.24) is 9.21 Å². The van der Waals surface area contributed by atoms with Crippen LogP contribution in [0.15, 0.2) is 24.3 Å². The fraction of sp³-hybridized carbons (Fsp3) is 0.550. The Hall–Kier alpha value is -2.11. The van der Waals surface area contributed by atoms with Crippen LogP contribution in [-0.4, -0.2) is 79.2 Å². The van der Waals surface area contributed by atoms with Gasteiger partial charge in [-0.1, -0.05) is 6.92 Å². The molecule has 1 N–H and O–H groups in total. The minimum atomic E-state index is -3.56. The molecule has 2 unspecified atom stereocenters. The van der Waals surface area contributed by atoms with Crippen LogP contribution in [0.1, 0.15) is 37.0 Å². The van der Waals surface area contributed by atoms with Crippen molar-refractivity contribution in [2.45, 2.75) is 38.0 Å². The Kier molecular flexibility index (Phi) is 8.90. The summed E-state index contributed by atoms with van der Waals surface area (Å²) in [6.45, 7) is 3.68. The van der Waals surface area contributed by atoms with Gasteiger partial charge in [0.15, 0.2) is 0 Å². The van der Waals surface area contributed by atoms with Gasteiger partial charge >= 0.3 is 5.97 Å². The molecule has 0 bridgehead atoms. The number of nitrogens with zero attached hydrogens (tertiary/aromatic N) is 2. The monoisotopic (exact) mass is 471 g/mol. The number of benzene rings is 1. The van der Waals surface area contributed by atoms with Gasteiger partial charge in [0.25, 0.3) is 0 Å². The molecule has 2 rings (SSSR count). The number of carbonyl (C=O) groups is 3. The SMILES string of the molecule is CCCS(=O)(=O)N1CC(S)CC1C(=O)N(C)CC(=O)Nc1ccc(C(=O)OCC)cc1. The maximum atomic E-state index is 12.9. The number of sulfonamides is 1. The lowest BCUT2D eigenvalue weighted by molar-refractivity contribution is -0.136. The molecule has 1 aliphatic rings. The van der Waals surface area contributed by atoms with E-state index in [4.69, 9.17) is 4.74 Å². The molecule has 1 aromatic carbocycles. The first kappa shape index (κ1) is 25.2. The molecule has 1 heterocycles. The van der Waals surface area contributed by atoms with Crippen LogP contribution in [0.5, 0.6) is 0 Å². The fourth-order valence-electron chi connectivity index (χ4n) is 3.34. The summed E-state index contributed by atoms with van der Waals surface area (Å²) in [5, 5.41) is 2.42. The molecule has 0 aliphatic carbocycles. The maximum absolute atomic E-state index is 12.9. The van der Waals surface area contributed by atoms with E-state index >= 15 is 0 Å². The molecule has 1 saturated heterocycles. The number of carbonyl (C=O) groups excluding carboxylic acids is 3. The summed E-state index contributed by atoms with van der Waals surface area (Å²) in [6, 6.07) is 5.33. The smallest absolute Gasteiger partial charge is 0.338 e. The first-order valence-electron chi connectivity index (χ1n) is 10.1. The summed E-state index contributed by atoms with van der Waals surface area (Å²) < 4.78 is 31.1. The van der Waals surface area contributed by atoms with Crippen LogP contribution in [0.3, 0.4) is 0 Å². The van der Waals surface area contributed by atoms with E-state index in [1.807, 2.05) is 0 Å². The highest BCUT2D eigenvalue weighted by atomic mass is 32.2. The van der Waals surface area contributed by atoms with E-state index in [0.717, 1.165) is 0 Å². The highest BCUT2D eigenvalue weighted by Gasteiger charge is 2.42. The predicted octanol–water partition coefficient (Wildman–Crippen LogP) is 1.37. The van der Waals surface area contributed by atoms with Crippen molar-refractivity contribution in [2.75, 3.05) is 37.8 Å². The minimum Gasteiger partial charge on any atom is -0.462 e. The van der Waals surface area contributed by atoms with Crippen LogP contribution in [0, 0.1) is 0 Å².